The molecule has 6 heteroatoms. The Hall–Kier alpha value is 0.150. The zero-order chi connectivity index (χ0) is 5.28. The topological polar surface area (TPSA) is 43.6 Å². The summed E-state index contributed by atoms with van der Waals surface area (Å²) in [5.41, 5.74) is 0. The molecule has 0 aliphatic heterocycles. The Morgan fingerprint density at radius 1 is 1.71 bits per heavy atom. The highest BCUT2D eigenvalue weighted by molar-refractivity contribution is 14.1. The first-order valence-corrected chi connectivity index (χ1v) is 2.85. The normalized spacial score (nSPS) is 9.43. The van der Waals surface area contributed by atoms with Crippen molar-refractivity contribution >= 4 is 35.5 Å². The van der Waals surface area contributed by atoms with Crippen LogP contribution in [0.15, 0.2) is 5.16 Å². The second-order valence-corrected chi connectivity index (χ2v) is 2.15. The first kappa shape index (κ1) is 5.29. The fraction of sp³-hybridized carbons (Fsp3) is 0. The van der Waals surface area contributed by atoms with E-state index in [0.717, 1.165) is 0 Å². The lowest BCUT2D eigenvalue weighted by atomic mass is 11.4. The molecule has 0 N–H and O–H groups in total. The molecule has 0 bridgehead atoms. The Bertz CT molecular complexity index is 144. The highest BCUT2D eigenvalue weighted by Crippen LogP contribution is 1.99. The molecule has 38 valence electrons. The van der Waals surface area contributed by atoms with Crippen LogP contribution in [-0.2, 0) is 0 Å². The Balaban J connectivity index is 3.12. The zero-order valence-electron chi connectivity index (χ0n) is 3.11. The Morgan fingerprint density at radius 3 is 2.57 bits per heavy atom. The van der Waals surface area contributed by atoms with Crippen LogP contribution in [0.1, 0.15) is 0 Å². The predicted molar refractivity (Wildman–Crippen MR) is 34.5 cm³/mol. The summed E-state index contributed by atoms with van der Waals surface area (Å²) in [5.74, 6) is 0. The van der Waals surface area contributed by atoms with Gasteiger partial charge in [0, 0.05) is 0 Å². The third kappa shape index (κ3) is 1.03. The maximum absolute atomic E-state index is 3.87. The van der Waals surface area contributed by atoms with Crippen LogP contribution >= 0.6 is 35.5 Å². The van der Waals surface area contributed by atoms with E-state index in [1.54, 1.807) is 0 Å². The molecular formula is CHIN4S. The quantitative estimate of drug-likeness (QED) is 0.508. The van der Waals surface area contributed by atoms with Crippen molar-refractivity contribution in [2.24, 2.45) is 0 Å². The second kappa shape index (κ2) is 1.95. The van der Waals surface area contributed by atoms with E-state index in [0.29, 0.717) is 5.16 Å². The molecule has 0 amide bonds. The molecule has 0 unspecified atom stereocenters. The summed E-state index contributed by atoms with van der Waals surface area (Å²) in [4.78, 5) is 0. The molecule has 7 heavy (non-hydrogen) atoms. The number of tetrazole rings is 1. The minimum absolute atomic E-state index is 0.514. The fourth-order valence-electron chi connectivity index (χ4n) is 0.172. The number of nitrogens with zero attached hydrogens (tertiary/aromatic N) is 4. The van der Waals surface area contributed by atoms with Crippen LogP contribution < -0.4 is 0 Å². The highest BCUT2D eigenvalue weighted by atomic mass is 127. The molecule has 0 radical (unpaired) electrons. The first-order chi connectivity index (χ1) is 3.30. The molecule has 0 atom stereocenters. The van der Waals surface area contributed by atoms with Crippen LogP contribution in [0.4, 0.5) is 0 Å². The van der Waals surface area contributed by atoms with Gasteiger partial charge in [-0.2, -0.15) is 2.90 Å². The van der Waals surface area contributed by atoms with E-state index in [1.165, 1.54) is 2.90 Å². The minimum atomic E-state index is 0.514. The fourth-order valence-corrected chi connectivity index (χ4v) is 0.435. The Kier molecular flexibility index (Phi) is 1.47. The average Bonchev–Trinajstić information content (AvgIpc) is 1.91. The van der Waals surface area contributed by atoms with Crippen molar-refractivity contribution in [3.8, 4) is 0 Å². The maximum atomic E-state index is 3.87. The molecule has 0 spiro atoms. The number of hydrogen-bond acceptors (Lipinski definition) is 4. The molecule has 1 heterocycles. The molecule has 0 saturated heterocycles. The van der Waals surface area contributed by atoms with Crippen molar-refractivity contribution in [2.75, 3.05) is 0 Å². The van der Waals surface area contributed by atoms with Gasteiger partial charge in [0.25, 0.3) is 0 Å². The highest BCUT2D eigenvalue weighted by Gasteiger charge is 1.91. The molecule has 1 aromatic heterocycles. The number of hydrogen-bond donors (Lipinski definition) is 1. The lowest BCUT2D eigenvalue weighted by Crippen LogP contribution is -1.79. The van der Waals surface area contributed by atoms with Gasteiger partial charge in [-0.25, -0.2) is 0 Å². The monoisotopic (exact) mass is 228 g/mol. The van der Waals surface area contributed by atoms with E-state index >= 15 is 0 Å². The molecule has 4 nitrogen and oxygen atoms in total. The SMILES string of the molecule is Sc1nnnn1I. The van der Waals surface area contributed by atoms with Crippen molar-refractivity contribution in [3.63, 3.8) is 0 Å². The summed E-state index contributed by atoms with van der Waals surface area (Å²) in [7, 11) is 0. The lowest BCUT2D eigenvalue weighted by Gasteiger charge is -1.76. The van der Waals surface area contributed by atoms with E-state index in [1.807, 2.05) is 22.9 Å². The minimum Gasteiger partial charge on any atom is -0.158 e. The number of halogens is 1. The third-order valence-electron chi connectivity index (χ3n) is 0.418. The van der Waals surface area contributed by atoms with Crippen LogP contribution in [-0.4, -0.2) is 18.4 Å². The van der Waals surface area contributed by atoms with Crippen molar-refractivity contribution < 1.29 is 0 Å². The predicted octanol–water partition coefficient (Wildman–Crippen LogP) is 0.160. The van der Waals surface area contributed by atoms with Crippen molar-refractivity contribution in [2.45, 2.75) is 5.16 Å². The Morgan fingerprint density at radius 2 is 2.43 bits per heavy atom. The zero-order valence-corrected chi connectivity index (χ0v) is 6.17. The van der Waals surface area contributed by atoms with Gasteiger partial charge >= 0.3 is 0 Å². The molecule has 0 aliphatic carbocycles. The van der Waals surface area contributed by atoms with E-state index < -0.39 is 0 Å². The van der Waals surface area contributed by atoms with Crippen LogP contribution in [0.25, 0.3) is 0 Å². The van der Waals surface area contributed by atoms with Crippen LogP contribution in [0, 0.1) is 0 Å². The number of aromatic nitrogens is 4. The summed E-state index contributed by atoms with van der Waals surface area (Å²) in [6.07, 6.45) is 0. The Labute approximate surface area is 59.2 Å². The number of rotatable bonds is 0. The van der Waals surface area contributed by atoms with Gasteiger partial charge in [-0.3, -0.25) is 0 Å². The van der Waals surface area contributed by atoms with E-state index in [4.69, 9.17) is 0 Å². The first-order valence-electron chi connectivity index (χ1n) is 1.44. The van der Waals surface area contributed by atoms with Gasteiger partial charge in [-0.1, -0.05) is 0 Å². The van der Waals surface area contributed by atoms with Crippen LogP contribution in [0.5, 0.6) is 0 Å². The second-order valence-electron chi connectivity index (χ2n) is 0.839. The standard InChI is InChI=1S/CHIN4S/c2-6-1(7)3-4-5-6/h(H,3,5,7). The maximum Gasteiger partial charge on any atom is 0.215 e. The molecule has 0 fully saturated rings. The molecule has 1 rings (SSSR count). The smallest absolute Gasteiger partial charge is 0.158 e. The van der Waals surface area contributed by atoms with Gasteiger partial charge in [0.1, 0.15) is 0 Å². The van der Waals surface area contributed by atoms with E-state index in [2.05, 4.69) is 28.2 Å². The lowest BCUT2D eigenvalue weighted by molar-refractivity contribution is 0.869. The summed E-state index contributed by atoms with van der Waals surface area (Å²) < 4.78 is 1.45. The summed E-state index contributed by atoms with van der Waals surface area (Å²) in [6.45, 7) is 0. The van der Waals surface area contributed by atoms with Crippen molar-refractivity contribution in [3.05, 3.63) is 0 Å². The van der Waals surface area contributed by atoms with E-state index in [9.17, 15) is 0 Å². The largest absolute Gasteiger partial charge is 0.215 e. The van der Waals surface area contributed by atoms with Gasteiger partial charge in [0.2, 0.25) is 5.16 Å². The van der Waals surface area contributed by atoms with Gasteiger partial charge in [0.05, 0.1) is 22.9 Å². The molecule has 1 aromatic rings. The third-order valence-corrected chi connectivity index (χ3v) is 1.73. The van der Waals surface area contributed by atoms with Crippen molar-refractivity contribution in [1.29, 1.82) is 0 Å². The molecular weight excluding hydrogens is 227 g/mol. The van der Waals surface area contributed by atoms with Gasteiger partial charge < -0.3 is 0 Å². The van der Waals surface area contributed by atoms with Gasteiger partial charge in [-0.15, -0.1) is 17.7 Å². The molecule has 0 aliphatic rings. The average molecular weight is 228 g/mol. The van der Waals surface area contributed by atoms with Crippen LogP contribution in [0.2, 0.25) is 0 Å². The van der Waals surface area contributed by atoms with Crippen LogP contribution in [0.3, 0.4) is 0 Å². The summed E-state index contributed by atoms with van der Waals surface area (Å²) in [6, 6.07) is 0. The van der Waals surface area contributed by atoms with Gasteiger partial charge in [-0.05, 0) is 10.4 Å². The molecule has 0 aromatic carbocycles. The summed E-state index contributed by atoms with van der Waals surface area (Å²) in [5, 5.41) is 10.8. The molecule has 0 saturated carbocycles. The van der Waals surface area contributed by atoms with Gasteiger partial charge in [0.15, 0.2) is 0 Å². The summed E-state index contributed by atoms with van der Waals surface area (Å²) >= 11 is 5.79. The number of thiol groups is 1. The van der Waals surface area contributed by atoms with E-state index in [-0.39, 0.29) is 0 Å². The van der Waals surface area contributed by atoms with Crippen molar-refractivity contribution in [1.82, 2.24) is 18.4 Å².